The normalized spacial score (nSPS) is 10.1. The lowest BCUT2D eigenvalue weighted by Crippen LogP contribution is -1.92. The Kier molecular flexibility index (Phi) is 3.40. The Morgan fingerprint density at radius 3 is 2.57 bits per heavy atom. The Labute approximate surface area is 122 Å². The van der Waals surface area contributed by atoms with Crippen molar-refractivity contribution in [2.24, 2.45) is 0 Å². The van der Waals surface area contributed by atoms with Crippen LogP contribution in [0, 0.1) is 11.3 Å². The third-order valence-corrected chi connectivity index (χ3v) is 3.18. The minimum Gasteiger partial charge on any atom is -0.439 e. The van der Waals surface area contributed by atoms with Crippen LogP contribution in [0.2, 0.25) is 0 Å². The van der Waals surface area contributed by atoms with Gasteiger partial charge in [0.05, 0.1) is 11.1 Å². The van der Waals surface area contributed by atoms with E-state index in [0.29, 0.717) is 17.2 Å². The number of rotatable bonds is 3. The minimum absolute atomic E-state index is 0.419. The Bertz CT molecular complexity index is 820. The van der Waals surface area contributed by atoms with Gasteiger partial charge in [-0.25, -0.2) is 4.98 Å². The molecular formula is C17H13N3O. The largest absolute Gasteiger partial charge is 0.439 e. The molecule has 3 rings (SSSR count). The van der Waals surface area contributed by atoms with Crippen molar-refractivity contribution < 1.29 is 4.74 Å². The van der Waals surface area contributed by atoms with Crippen LogP contribution in [0.4, 0.5) is 5.69 Å². The highest BCUT2D eigenvalue weighted by molar-refractivity contribution is 5.85. The van der Waals surface area contributed by atoms with E-state index in [4.69, 9.17) is 4.74 Å². The average Bonchev–Trinajstić information content (AvgIpc) is 2.55. The van der Waals surface area contributed by atoms with Crippen molar-refractivity contribution in [3.63, 3.8) is 0 Å². The van der Waals surface area contributed by atoms with Crippen LogP contribution < -0.4 is 10.1 Å². The Hall–Kier alpha value is -3.06. The zero-order valence-electron chi connectivity index (χ0n) is 11.5. The molecule has 0 aliphatic carbocycles. The zero-order valence-corrected chi connectivity index (χ0v) is 11.5. The molecule has 21 heavy (non-hydrogen) atoms. The molecule has 0 aliphatic rings. The molecule has 0 aliphatic heterocycles. The smallest absolute Gasteiger partial charge is 0.221 e. The number of anilines is 1. The summed E-state index contributed by atoms with van der Waals surface area (Å²) in [6.07, 6.45) is 0. The molecule has 4 nitrogen and oxygen atoms in total. The maximum absolute atomic E-state index is 9.25. The van der Waals surface area contributed by atoms with Gasteiger partial charge in [0.1, 0.15) is 11.8 Å². The topological polar surface area (TPSA) is 57.9 Å². The molecule has 1 aromatic heterocycles. The van der Waals surface area contributed by atoms with Gasteiger partial charge >= 0.3 is 0 Å². The SMILES string of the molecule is CNc1ccc(Oc2cc(C#N)c3ccccc3n2)cc1. The molecule has 4 heteroatoms. The second kappa shape index (κ2) is 5.51. The molecule has 0 unspecified atom stereocenters. The standard InChI is InChI=1S/C17H13N3O/c1-19-13-6-8-14(9-7-13)21-17-10-12(11-18)15-4-2-3-5-16(15)20-17/h2-10,19H,1H3. The summed E-state index contributed by atoms with van der Waals surface area (Å²) in [5, 5.41) is 13.1. The first-order valence-electron chi connectivity index (χ1n) is 6.56. The monoisotopic (exact) mass is 275 g/mol. The molecule has 0 saturated heterocycles. The predicted molar refractivity (Wildman–Crippen MR) is 82.5 cm³/mol. The summed E-state index contributed by atoms with van der Waals surface area (Å²) in [5.41, 5.74) is 2.31. The summed E-state index contributed by atoms with van der Waals surface area (Å²) in [7, 11) is 1.86. The van der Waals surface area contributed by atoms with E-state index in [9.17, 15) is 5.26 Å². The van der Waals surface area contributed by atoms with Crippen molar-refractivity contribution in [2.75, 3.05) is 12.4 Å². The van der Waals surface area contributed by atoms with Crippen LogP contribution in [-0.2, 0) is 0 Å². The quantitative estimate of drug-likeness (QED) is 0.786. The van der Waals surface area contributed by atoms with E-state index in [-0.39, 0.29) is 0 Å². The number of hydrogen-bond donors (Lipinski definition) is 1. The van der Waals surface area contributed by atoms with Gasteiger partial charge in [0, 0.05) is 24.2 Å². The van der Waals surface area contributed by atoms with Crippen LogP contribution in [0.3, 0.4) is 0 Å². The van der Waals surface area contributed by atoms with Gasteiger partial charge < -0.3 is 10.1 Å². The lowest BCUT2D eigenvalue weighted by Gasteiger charge is -2.08. The number of aromatic nitrogens is 1. The molecule has 3 aromatic rings. The number of nitriles is 1. The fourth-order valence-electron chi connectivity index (χ4n) is 2.11. The molecule has 1 heterocycles. The van der Waals surface area contributed by atoms with Gasteiger partial charge in [-0.3, -0.25) is 0 Å². The van der Waals surface area contributed by atoms with Crippen LogP contribution in [0.15, 0.2) is 54.6 Å². The second-order valence-corrected chi connectivity index (χ2v) is 4.51. The third kappa shape index (κ3) is 2.63. The molecule has 0 bridgehead atoms. The summed E-state index contributed by atoms with van der Waals surface area (Å²) < 4.78 is 5.74. The zero-order chi connectivity index (χ0) is 14.7. The summed E-state index contributed by atoms with van der Waals surface area (Å²) in [4.78, 5) is 4.43. The molecule has 0 amide bonds. The summed E-state index contributed by atoms with van der Waals surface area (Å²) in [6.45, 7) is 0. The molecule has 0 fully saturated rings. The van der Waals surface area contributed by atoms with E-state index in [1.54, 1.807) is 6.07 Å². The summed E-state index contributed by atoms with van der Waals surface area (Å²) >= 11 is 0. The summed E-state index contributed by atoms with van der Waals surface area (Å²) in [5.74, 6) is 1.10. The van der Waals surface area contributed by atoms with Gasteiger partial charge in [0.2, 0.25) is 5.88 Å². The molecule has 0 saturated carbocycles. The number of pyridine rings is 1. The van der Waals surface area contributed by atoms with Gasteiger partial charge in [-0.1, -0.05) is 18.2 Å². The first-order chi connectivity index (χ1) is 10.3. The maximum Gasteiger partial charge on any atom is 0.221 e. The van der Waals surface area contributed by atoms with Gasteiger partial charge in [-0.05, 0) is 30.3 Å². The highest BCUT2D eigenvalue weighted by Gasteiger charge is 2.06. The second-order valence-electron chi connectivity index (χ2n) is 4.51. The van der Waals surface area contributed by atoms with E-state index in [2.05, 4.69) is 16.4 Å². The van der Waals surface area contributed by atoms with E-state index in [1.165, 1.54) is 0 Å². The first kappa shape index (κ1) is 12.9. The molecular weight excluding hydrogens is 262 g/mol. The van der Waals surface area contributed by atoms with E-state index < -0.39 is 0 Å². The predicted octanol–water partition coefficient (Wildman–Crippen LogP) is 3.94. The number of para-hydroxylation sites is 1. The van der Waals surface area contributed by atoms with Crippen LogP contribution in [0.5, 0.6) is 11.6 Å². The fourth-order valence-corrected chi connectivity index (χ4v) is 2.11. The Morgan fingerprint density at radius 2 is 1.86 bits per heavy atom. The Morgan fingerprint density at radius 1 is 1.10 bits per heavy atom. The summed E-state index contributed by atoms with van der Waals surface area (Å²) in [6, 6.07) is 18.9. The molecule has 0 spiro atoms. The van der Waals surface area contributed by atoms with E-state index in [1.807, 2.05) is 55.6 Å². The third-order valence-electron chi connectivity index (χ3n) is 3.18. The van der Waals surface area contributed by atoms with Crippen LogP contribution in [-0.4, -0.2) is 12.0 Å². The maximum atomic E-state index is 9.25. The van der Waals surface area contributed by atoms with Crippen molar-refractivity contribution in [2.45, 2.75) is 0 Å². The highest BCUT2D eigenvalue weighted by atomic mass is 16.5. The average molecular weight is 275 g/mol. The molecule has 0 radical (unpaired) electrons. The molecule has 0 atom stereocenters. The molecule has 2 aromatic carbocycles. The molecule has 102 valence electrons. The number of fused-ring (bicyclic) bond motifs is 1. The molecule has 1 N–H and O–H groups in total. The highest BCUT2D eigenvalue weighted by Crippen LogP contribution is 2.26. The number of nitrogens with zero attached hydrogens (tertiary/aromatic N) is 2. The number of benzene rings is 2. The Balaban J connectivity index is 1.98. The van der Waals surface area contributed by atoms with Crippen LogP contribution >= 0.6 is 0 Å². The van der Waals surface area contributed by atoms with Crippen molar-refractivity contribution in [1.82, 2.24) is 4.98 Å². The van der Waals surface area contributed by atoms with Crippen LogP contribution in [0.25, 0.3) is 10.9 Å². The number of hydrogen-bond acceptors (Lipinski definition) is 4. The van der Waals surface area contributed by atoms with Gasteiger partial charge in [-0.15, -0.1) is 0 Å². The number of ether oxygens (including phenoxy) is 1. The van der Waals surface area contributed by atoms with Gasteiger partial charge in [-0.2, -0.15) is 5.26 Å². The van der Waals surface area contributed by atoms with E-state index in [0.717, 1.165) is 16.6 Å². The minimum atomic E-state index is 0.419. The van der Waals surface area contributed by atoms with E-state index >= 15 is 0 Å². The fraction of sp³-hybridized carbons (Fsp3) is 0.0588. The van der Waals surface area contributed by atoms with Gasteiger partial charge in [0.15, 0.2) is 0 Å². The van der Waals surface area contributed by atoms with Crippen molar-refractivity contribution in [1.29, 1.82) is 5.26 Å². The van der Waals surface area contributed by atoms with Crippen LogP contribution in [0.1, 0.15) is 5.56 Å². The van der Waals surface area contributed by atoms with Crippen molar-refractivity contribution in [3.8, 4) is 17.7 Å². The number of nitrogens with one attached hydrogen (secondary N) is 1. The lowest BCUT2D eigenvalue weighted by molar-refractivity contribution is 0.465. The van der Waals surface area contributed by atoms with Gasteiger partial charge in [0.25, 0.3) is 0 Å². The lowest BCUT2D eigenvalue weighted by atomic mass is 10.1. The first-order valence-corrected chi connectivity index (χ1v) is 6.56. The van der Waals surface area contributed by atoms with Crippen molar-refractivity contribution in [3.05, 3.63) is 60.2 Å². The van der Waals surface area contributed by atoms with Crippen molar-refractivity contribution >= 4 is 16.6 Å².